The van der Waals surface area contributed by atoms with Crippen LogP contribution < -0.4 is 15.8 Å². The van der Waals surface area contributed by atoms with Crippen LogP contribution in [0.4, 0.5) is 0 Å². The van der Waals surface area contributed by atoms with Gasteiger partial charge in [-0.1, -0.05) is 30.3 Å². The third-order valence-electron chi connectivity index (χ3n) is 3.99. The van der Waals surface area contributed by atoms with Crippen LogP contribution in [0.5, 0.6) is 5.75 Å². The molecule has 0 aliphatic rings. The average molecular weight is 342 g/mol. The van der Waals surface area contributed by atoms with Crippen LogP contribution >= 0.6 is 0 Å². The number of nitrogens with two attached hydrogens (primary N) is 1. The van der Waals surface area contributed by atoms with E-state index in [4.69, 9.17) is 10.5 Å². The Bertz CT molecular complexity index is 644. The third-order valence-corrected chi connectivity index (χ3v) is 3.99. The molecule has 0 aliphatic carbocycles. The molecule has 25 heavy (non-hydrogen) atoms. The lowest BCUT2D eigenvalue weighted by molar-refractivity contribution is 0.1000. The second-order valence-electron chi connectivity index (χ2n) is 6.19. The average Bonchev–Trinajstić information content (AvgIpc) is 2.64. The van der Waals surface area contributed by atoms with Crippen molar-refractivity contribution < 1.29 is 14.6 Å². The Labute approximate surface area is 148 Å². The molecule has 0 saturated carbocycles. The maximum absolute atomic E-state index is 11.0. The predicted molar refractivity (Wildman–Crippen MR) is 98.7 cm³/mol. The first-order valence-electron chi connectivity index (χ1n) is 8.52. The van der Waals surface area contributed by atoms with Crippen molar-refractivity contribution in [2.45, 2.75) is 31.9 Å². The van der Waals surface area contributed by atoms with E-state index in [9.17, 15) is 9.90 Å². The molecule has 134 valence electrons. The number of hydrogen-bond donors (Lipinski definition) is 3. The van der Waals surface area contributed by atoms with Gasteiger partial charge in [0.15, 0.2) is 0 Å². The first-order chi connectivity index (χ1) is 12.0. The van der Waals surface area contributed by atoms with Gasteiger partial charge in [-0.15, -0.1) is 0 Å². The highest BCUT2D eigenvalue weighted by atomic mass is 16.5. The van der Waals surface area contributed by atoms with E-state index in [0.29, 0.717) is 12.1 Å². The molecule has 5 heteroatoms. The minimum absolute atomic E-state index is 0.262. The maximum Gasteiger partial charge on any atom is 0.248 e. The van der Waals surface area contributed by atoms with Crippen LogP contribution in [-0.4, -0.2) is 36.3 Å². The number of rotatable bonds is 10. The molecule has 2 rings (SSSR count). The summed E-state index contributed by atoms with van der Waals surface area (Å²) in [4.78, 5) is 11.0. The van der Waals surface area contributed by atoms with E-state index < -0.39 is 12.0 Å². The van der Waals surface area contributed by atoms with Crippen molar-refractivity contribution in [3.8, 4) is 5.75 Å². The zero-order chi connectivity index (χ0) is 18.1. The molecule has 0 aliphatic heterocycles. The summed E-state index contributed by atoms with van der Waals surface area (Å²) >= 11 is 0. The Morgan fingerprint density at radius 2 is 1.84 bits per heavy atom. The standard InChI is InChI=1S/C20H26N2O3/c1-15(7-8-16-9-11-17(12-10-16)20(21)24)22-13-18(23)14-25-19-5-3-2-4-6-19/h2-6,9-12,15,18,22-23H,7-8,13-14H2,1H3,(H2,21,24)/t15-,18-/m0/s1. The Morgan fingerprint density at radius 1 is 1.16 bits per heavy atom. The van der Waals surface area contributed by atoms with Crippen LogP contribution in [0.15, 0.2) is 54.6 Å². The first kappa shape index (κ1) is 19.0. The Balaban J connectivity index is 1.64. The molecule has 0 bridgehead atoms. The van der Waals surface area contributed by atoms with E-state index in [1.807, 2.05) is 42.5 Å². The quantitative estimate of drug-likeness (QED) is 0.617. The number of carbonyl (C=O) groups excluding carboxylic acids is 1. The molecular formula is C20H26N2O3. The van der Waals surface area contributed by atoms with Gasteiger partial charge >= 0.3 is 0 Å². The molecule has 2 atom stereocenters. The topological polar surface area (TPSA) is 84.6 Å². The van der Waals surface area contributed by atoms with E-state index >= 15 is 0 Å². The number of aliphatic hydroxyl groups is 1. The second kappa shape index (κ2) is 9.81. The number of aliphatic hydroxyl groups excluding tert-OH is 1. The van der Waals surface area contributed by atoms with Crippen LogP contribution in [0, 0.1) is 0 Å². The molecule has 0 radical (unpaired) electrons. The Morgan fingerprint density at radius 3 is 2.48 bits per heavy atom. The summed E-state index contributed by atoms with van der Waals surface area (Å²) in [5.41, 5.74) is 6.92. The van der Waals surface area contributed by atoms with Gasteiger partial charge in [0.2, 0.25) is 5.91 Å². The van der Waals surface area contributed by atoms with Gasteiger partial charge in [0.1, 0.15) is 18.5 Å². The SMILES string of the molecule is C[C@@H](CCc1ccc(C(N)=O)cc1)NC[C@H](O)COc1ccccc1. The number of para-hydroxylation sites is 1. The number of benzene rings is 2. The maximum atomic E-state index is 11.0. The minimum atomic E-state index is -0.558. The van der Waals surface area contributed by atoms with Gasteiger partial charge in [-0.05, 0) is 49.6 Å². The van der Waals surface area contributed by atoms with Gasteiger partial charge in [-0.2, -0.15) is 0 Å². The zero-order valence-electron chi connectivity index (χ0n) is 14.5. The van der Waals surface area contributed by atoms with Gasteiger partial charge in [0.05, 0.1) is 0 Å². The molecule has 4 N–H and O–H groups in total. The van der Waals surface area contributed by atoms with Crippen molar-refractivity contribution in [3.63, 3.8) is 0 Å². The van der Waals surface area contributed by atoms with Crippen LogP contribution in [-0.2, 0) is 6.42 Å². The predicted octanol–water partition coefficient (Wildman–Crippen LogP) is 2.14. The summed E-state index contributed by atoms with van der Waals surface area (Å²) in [6, 6.07) is 17.1. The summed E-state index contributed by atoms with van der Waals surface area (Å²) in [5.74, 6) is 0.349. The van der Waals surface area contributed by atoms with E-state index in [1.165, 1.54) is 0 Å². The Hall–Kier alpha value is -2.37. The van der Waals surface area contributed by atoms with Gasteiger partial charge in [0, 0.05) is 18.2 Å². The normalized spacial score (nSPS) is 13.2. The van der Waals surface area contributed by atoms with Crippen molar-refractivity contribution in [1.29, 1.82) is 0 Å². The fourth-order valence-corrected chi connectivity index (χ4v) is 2.43. The summed E-state index contributed by atoms with van der Waals surface area (Å²) < 4.78 is 5.53. The number of amides is 1. The smallest absolute Gasteiger partial charge is 0.248 e. The monoisotopic (exact) mass is 342 g/mol. The molecule has 0 unspecified atom stereocenters. The highest BCUT2D eigenvalue weighted by molar-refractivity contribution is 5.92. The molecule has 0 saturated heterocycles. The van der Waals surface area contributed by atoms with Gasteiger partial charge in [0.25, 0.3) is 0 Å². The molecular weight excluding hydrogens is 316 g/mol. The molecule has 1 amide bonds. The van der Waals surface area contributed by atoms with Crippen molar-refractivity contribution >= 4 is 5.91 Å². The summed E-state index contributed by atoms with van der Waals surface area (Å²) in [6.45, 7) is 2.83. The number of hydrogen-bond acceptors (Lipinski definition) is 4. The number of primary amides is 1. The van der Waals surface area contributed by atoms with E-state index in [1.54, 1.807) is 12.1 Å². The van der Waals surface area contributed by atoms with E-state index in [2.05, 4.69) is 12.2 Å². The van der Waals surface area contributed by atoms with Crippen molar-refractivity contribution in [3.05, 3.63) is 65.7 Å². The van der Waals surface area contributed by atoms with Gasteiger partial charge in [-0.25, -0.2) is 0 Å². The number of carbonyl (C=O) groups is 1. The Kier molecular flexibility index (Phi) is 7.44. The molecule has 0 aromatic heterocycles. The zero-order valence-corrected chi connectivity index (χ0v) is 14.5. The molecule has 0 heterocycles. The van der Waals surface area contributed by atoms with Crippen LogP contribution in [0.3, 0.4) is 0 Å². The third kappa shape index (κ3) is 6.95. The summed E-state index contributed by atoms with van der Waals surface area (Å²) in [7, 11) is 0. The number of nitrogens with one attached hydrogen (secondary N) is 1. The minimum Gasteiger partial charge on any atom is -0.491 e. The number of ether oxygens (including phenoxy) is 1. The highest BCUT2D eigenvalue weighted by Crippen LogP contribution is 2.09. The first-order valence-corrected chi connectivity index (χ1v) is 8.52. The van der Waals surface area contributed by atoms with Crippen molar-refractivity contribution in [2.75, 3.05) is 13.2 Å². The molecule has 2 aromatic rings. The van der Waals surface area contributed by atoms with Crippen molar-refractivity contribution in [1.82, 2.24) is 5.32 Å². The van der Waals surface area contributed by atoms with Crippen LogP contribution in [0.25, 0.3) is 0 Å². The van der Waals surface area contributed by atoms with Crippen LogP contribution in [0.1, 0.15) is 29.3 Å². The van der Waals surface area contributed by atoms with Gasteiger partial charge in [-0.3, -0.25) is 4.79 Å². The fourth-order valence-electron chi connectivity index (χ4n) is 2.43. The lowest BCUT2D eigenvalue weighted by Gasteiger charge is -2.17. The number of aryl methyl sites for hydroxylation is 1. The molecule has 2 aromatic carbocycles. The summed E-state index contributed by atoms with van der Waals surface area (Å²) in [5, 5.41) is 13.3. The van der Waals surface area contributed by atoms with Crippen LogP contribution in [0.2, 0.25) is 0 Å². The largest absolute Gasteiger partial charge is 0.491 e. The molecule has 0 spiro atoms. The van der Waals surface area contributed by atoms with E-state index in [0.717, 1.165) is 24.2 Å². The highest BCUT2D eigenvalue weighted by Gasteiger charge is 2.09. The lowest BCUT2D eigenvalue weighted by Crippen LogP contribution is -2.36. The summed E-state index contributed by atoms with van der Waals surface area (Å²) in [6.07, 6.45) is 1.27. The van der Waals surface area contributed by atoms with Gasteiger partial charge < -0.3 is 20.9 Å². The fraction of sp³-hybridized carbons (Fsp3) is 0.350. The van der Waals surface area contributed by atoms with Crippen molar-refractivity contribution in [2.24, 2.45) is 5.73 Å². The second-order valence-corrected chi connectivity index (χ2v) is 6.19. The molecule has 0 fully saturated rings. The molecule has 5 nitrogen and oxygen atoms in total. The lowest BCUT2D eigenvalue weighted by atomic mass is 10.0. The van der Waals surface area contributed by atoms with E-state index in [-0.39, 0.29) is 12.6 Å².